The first-order valence-corrected chi connectivity index (χ1v) is 11.1. The quantitative estimate of drug-likeness (QED) is 0.420. The normalized spacial score (nSPS) is 14.4. The van der Waals surface area contributed by atoms with Crippen LogP contribution in [0.2, 0.25) is 15.1 Å². The van der Waals surface area contributed by atoms with Crippen molar-refractivity contribution in [1.82, 2.24) is 5.32 Å². The van der Waals surface area contributed by atoms with Crippen LogP contribution in [-0.4, -0.2) is 35.6 Å². The molecule has 5 nitrogen and oxygen atoms in total. The van der Waals surface area contributed by atoms with E-state index in [9.17, 15) is 15.0 Å². The molecule has 1 aliphatic rings. The van der Waals surface area contributed by atoms with Crippen molar-refractivity contribution in [2.75, 3.05) is 13.2 Å². The molecule has 0 saturated carbocycles. The summed E-state index contributed by atoms with van der Waals surface area (Å²) in [6, 6.07) is 18.9. The van der Waals surface area contributed by atoms with Gasteiger partial charge in [-0.25, -0.2) is 4.79 Å². The number of nitrogens with one attached hydrogen (secondary N) is 1. The SMILES string of the molecule is O=C(NCC(O)C(O)c1c(Cl)cc(Cl)cc1Cl)OCC1c2ccccc2-c2ccccc21. The van der Waals surface area contributed by atoms with Gasteiger partial charge in [0.15, 0.2) is 0 Å². The molecule has 0 heterocycles. The average molecular weight is 493 g/mol. The Morgan fingerprint density at radius 3 is 2.03 bits per heavy atom. The van der Waals surface area contributed by atoms with E-state index >= 15 is 0 Å². The lowest BCUT2D eigenvalue weighted by Crippen LogP contribution is -2.36. The van der Waals surface area contributed by atoms with Crippen molar-refractivity contribution in [3.05, 3.63) is 92.4 Å². The summed E-state index contributed by atoms with van der Waals surface area (Å²) in [5.41, 5.74) is 4.60. The summed E-state index contributed by atoms with van der Waals surface area (Å²) in [5.74, 6) is -0.0738. The number of rotatable bonds is 6. The molecule has 2 unspecified atom stereocenters. The number of carbonyl (C=O) groups is 1. The zero-order valence-electron chi connectivity index (χ0n) is 16.8. The van der Waals surface area contributed by atoms with Crippen LogP contribution in [-0.2, 0) is 4.74 Å². The topological polar surface area (TPSA) is 78.8 Å². The molecule has 0 aliphatic heterocycles. The first kappa shape index (κ1) is 22.9. The van der Waals surface area contributed by atoms with Crippen molar-refractivity contribution in [2.45, 2.75) is 18.1 Å². The number of ether oxygens (including phenoxy) is 1. The second-order valence-electron chi connectivity index (χ2n) is 7.50. The number of hydrogen-bond donors (Lipinski definition) is 3. The van der Waals surface area contributed by atoms with Crippen molar-refractivity contribution in [2.24, 2.45) is 0 Å². The van der Waals surface area contributed by atoms with Crippen LogP contribution >= 0.6 is 34.8 Å². The van der Waals surface area contributed by atoms with Gasteiger partial charge in [0, 0.05) is 33.1 Å². The van der Waals surface area contributed by atoms with Crippen LogP contribution in [0, 0.1) is 0 Å². The highest BCUT2D eigenvalue weighted by atomic mass is 35.5. The van der Waals surface area contributed by atoms with Gasteiger partial charge in [-0.3, -0.25) is 0 Å². The molecular formula is C24H20Cl3NO4. The molecule has 1 amide bonds. The second-order valence-corrected chi connectivity index (χ2v) is 8.75. The minimum Gasteiger partial charge on any atom is -0.449 e. The van der Waals surface area contributed by atoms with Gasteiger partial charge in [0.1, 0.15) is 18.8 Å². The van der Waals surface area contributed by atoms with E-state index in [1.807, 2.05) is 36.4 Å². The third-order valence-corrected chi connectivity index (χ3v) is 6.35. The van der Waals surface area contributed by atoms with Crippen molar-refractivity contribution >= 4 is 40.9 Å². The zero-order valence-corrected chi connectivity index (χ0v) is 19.0. The van der Waals surface area contributed by atoms with Crippen molar-refractivity contribution in [1.29, 1.82) is 0 Å². The highest BCUT2D eigenvalue weighted by molar-refractivity contribution is 6.39. The molecule has 2 atom stereocenters. The lowest BCUT2D eigenvalue weighted by atomic mass is 9.98. The maximum atomic E-state index is 12.3. The summed E-state index contributed by atoms with van der Waals surface area (Å²) < 4.78 is 5.43. The molecule has 0 saturated heterocycles. The van der Waals surface area contributed by atoms with Gasteiger partial charge in [-0.15, -0.1) is 0 Å². The summed E-state index contributed by atoms with van der Waals surface area (Å²) >= 11 is 18.1. The molecule has 0 fully saturated rings. The van der Waals surface area contributed by atoms with Crippen LogP contribution in [0.1, 0.15) is 28.7 Å². The molecule has 3 aromatic rings. The molecule has 0 aromatic heterocycles. The lowest BCUT2D eigenvalue weighted by molar-refractivity contribution is 0.0186. The second kappa shape index (κ2) is 9.69. The largest absolute Gasteiger partial charge is 0.449 e. The number of hydrogen-bond acceptors (Lipinski definition) is 4. The minimum absolute atomic E-state index is 0.0738. The molecule has 4 rings (SSSR count). The van der Waals surface area contributed by atoms with Gasteiger partial charge in [0.05, 0.1) is 0 Å². The molecule has 8 heteroatoms. The fourth-order valence-electron chi connectivity index (χ4n) is 3.98. The van der Waals surface area contributed by atoms with Crippen LogP contribution in [0.4, 0.5) is 4.79 Å². The summed E-state index contributed by atoms with van der Waals surface area (Å²) in [6.45, 7) is -0.111. The Kier molecular flexibility index (Phi) is 6.93. The first-order chi connectivity index (χ1) is 15.4. The average Bonchev–Trinajstić information content (AvgIpc) is 3.09. The number of halogens is 3. The molecule has 0 radical (unpaired) electrons. The standard InChI is InChI=1S/C24H20Cl3NO4/c25-13-9-19(26)22(20(27)10-13)23(30)21(29)11-28-24(31)32-12-18-16-7-3-1-5-14(16)15-6-2-4-8-17(15)18/h1-10,18,21,23,29-30H,11-12H2,(H,28,31). The minimum atomic E-state index is -1.42. The van der Waals surface area contributed by atoms with E-state index in [2.05, 4.69) is 17.4 Å². The molecule has 32 heavy (non-hydrogen) atoms. The fourth-order valence-corrected chi connectivity index (χ4v) is 5.02. The number of carbonyl (C=O) groups excluding carboxylic acids is 1. The van der Waals surface area contributed by atoms with E-state index < -0.39 is 18.3 Å². The van der Waals surface area contributed by atoms with Gasteiger partial charge in [-0.05, 0) is 34.4 Å². The van der Waals surface area contributed by atoms with E-state index in [1.54, 1.807) is 0 Å². The van der Waals surface area contributed by atoms with Gasteiger partial charge in [-0.1, -0.05) is 83.3 Å². The van der Waals surface area contributed by atoms with Crippen LogP contribution in [0.5, 0.6) is 0 Å². The molecule has 3 N–H and O–H groups in total. The van der Waals surface area contributed by atoms with E-state index in [0.717, 1.165) is 22.3 Å². The molecule has 0 spiro atoms. The molecular weight excluding hydrogens is 473 g/mol. The molecule has 3 aromatic carbocycles. The number of aliphatic hydroxyl groups is 2. The molecule has 166 valence electrons. The molecule has 0 bridgehead atoms. The lowest BCUT2D eigenvalue weighted by Gasteiger charge is -2.21. The maximum absolute atomic E-state index is 12.3. The Labute approximate surface area is 200 Å². The van der Waals surface area contributed by atoms with Crippen molar-refractivity contribution in [3.8, 4) is 11.1 Å². The monoisotopic (exact) mass is 491 g/mol. The van der Waals surface area contributed by atoms with E-state index in [1.165, 1.54) is 12.1 Å². The van der Waals surface area contributed by atoms with Gasteiger partial charge < -0.3 is 20.3 Å². The predicted octanol–water partition coefficient (Wildman–Crippen LogP) is 5.58. The highest BCUT2D eigenvalue weighted by Crippen LogP contribution is 2.44. The Bertz CT molecular complexity index is 1090. The number of aliphatic hydroxyl groups excluding tert-OH is 2. The summed E-state index contributed by atoms with van der Waals surface area (Å²) in [6.07, 6.45) is -3.47. The van der Waals surface area contributed by atoms with Crippen LogP contribution in [0.15, 0.2) is 60.7 Å². The number of amides is 1. The Hall–Kier alpha value is -2.28. The van der Waals surface area contributed by atoms with Crippen LogP contribution in [0.25, 0.3) is 11.1 Å². The van der Waals surface area contributed by atoms with Gasteiger partial charge in [-0.2, -0.15) is 0 Å². The Morgan fingerprint density at radius 2 is 1.47 bits per heavy atom. The van der Waals surface area contributed by atoms with Crippen molar-refractivity contribution in [3.63, 3.8) is 0 Å². The van der Waals surface area contributed by atoms with Gasteiger partial charge in [0.2, 0.25) is 0 Å². The summed E-state index contributed by atoms with van der Waals surface area (Å²) in [4.78, 5) is 12.3. The van der Waals surface area contributed by atoms with Gasteiger partial charge in [0.25, 0.3) is 0 Å². The van der Waals surface area contributed by atoms with Crippen LogP contribution < -0.4 is 5.32 Å². The third-order valence-electron chi connectivity index (χ3n) is 5.50. The van der Waals surface area contributed by atoms with E-state index in [4.69, 9.17) is 39.5 Å². The number of benzene rings is 3. The first-order valence-electron chi connectivity index (χ1n) is 9.96. The third kappa shape index (κ3) is 4.58. The maximum Gasteiger partial charge on any atom is 0.407 e. The Balaban J connectivity index is 1.36. The Morgan fingerprint density at radius 1 is 0.938 bits per heavy atom. The predicted molar refractivity (Wildman–Crippen MR) is 126 cm³/mol. The molecule has 1 aliphatic carbocycles. The van der Waals surface area contributed by atoms with Crippen LogP contribution in [0.3, 0.4) is 0 Å². The highest BCUT2D eigenvalue weighted by Gasteiger charge is 2.29. The van der Waals surface area contributed by atoms with Crippen molar-refractivity contribution < 1.29 is 19.7 Å². The smallest absolute Gasteiger partial charge is 0.407 e. The van der Waals surface area contributed by atoms with E-state index in [0.29, 0.717) is 5.02 Å². The summed E-state index contributed by atoms with van der Waals surface area (Å²) in [7, 11) is 0. The zero-order chi connectivity index (χ0) is 22.8. The van der Waals surface area contributed by atoms with Gasteiger partial charge >= 0.3 is 6.09 Å². The summed E-state index contributed by atoms with van der Waals surface area (Å²) in [5, 5.41) is 23.7. The fraction of sp³-hybridized carbons (Fsp3) is 0.208. The van der Waals surface area contributed by atoms with E-state index in [-0.39, 0.29) is 34.7 Å². The number of fused-ring (bicyclic) bond motifs is 3. The number of alkyl carbamates (subject to hydrolysis) is 1.